The molecule has 3 aromatic rings. The number of nitrogens with one attached hydrogen (secondary N) is 2. The summed E-state index contributed by atoms with van der Waals surface area (Å²) in [7, 11) is -7.93. The molecule has 2 heterocycles. The van der Waals surface area contributed by atoms with Crippen molar-refractivity contribution < 1.29 is 16.8 Å². The Labute approximate surface area is 178 Å². The maximum absolute atomic E-state index is 12.5. The van der Waals surface area contributed by atoms with Gasteiger partial charge in [0, 0.05) is 0 Å². The van der Waals surface area contributed by atoms with Crippen LogP contribution in [0.3, 0.4) is 0 Å². The fourth-order valence-corrected chi connectivity index (χ4v) is 6.91. The maximum Gasteiger partial charge on any atom is 0.271 e. The zero-order chi connectivity index (χ0) is 19.8. The predicted molar refractivity (Wildman–Crippen MR) is 112 cm³/mol. The van der Waals surface area contributed by atoms with Crippen LogP contribution in [-0.4, -0.2) is 16.8 Å². The molecule has 0 unspecified atom stereocenters. The van der Waals surface area contributed by atoms with Crippen molar-refractivity contribution in [1.29, 1.82) is 0 Å². The van der Waals surface area contributed by atoms with Gasteiger partial charge in [0.15, 0.2) is 0 Å². The number of halogens is 3. The molecular weight excluding hydrogens is 495 g/mol. The number of hydrogen-bond acceptors (Lipinski definition) is 6. The third-order valence-electron chi connectivity index (χ3n) is 3.12. The van der Waals surface area contributed by atoms with Gasteiger partial charge in [0.05, 0.1) is 25.8 Å². The van der Waals surface area contributed by atoms with Gasteiger partial charge < -0.3 is 0 Å². The van der Waals surface area contributed by atoms with Gasteiger partial charge in [-0.15, -0.1) is 22.7 Å². The van der Waals surface area contributed by atoms with Crippen LogP contribution in [0.1, 0.15) is 0 Å². The first-order valence-electron chi connectivity index (χ1n) is 6.92. The molecule has 2 aromatic heterocycles. The van der Waals surface area contributed by atoms with E-state index in [9.17, 15) is 16.8 Å². The molecule has 0 aliphatic heterocycles. The lowest BCUT2D eigenvalue weighted by Crippen LogP contribution is -2.16. The molecular formula is C14H9Cl3N2O4S4. The molecule has 13 heteroatoms. The fraction of sp³-hybridized carbons (Fsp3) is 0. The van der Waals surface area contributed by atoms with Gasteiger partial charge in [0.25, 0.3) is 20.0 Å². The van der Waals surface area contributed by atoms with E-state index in [0.29, 0.717) is 4.34 Å². The molecule has 0 bridgehead atoms. The van der Waals surface area contributed by atoms with E-state index in [1.54, 1.807) is 11.4 Å². The minimum Gasteiger partial charge on any atom is -0.277 e. The van der Waals surface area contributed by atoms with Crippen molar-refractivity contribution in [3.05, 3.63) is 56.2 Å². The highest BCUT2D eigenvalue weighted by Crippen LogP contribution is 2.36. The molecule has 0 spiro atoms. The number of benzene rings is 1. The van der Waals surface area contributed by atoms with E-state index in [-0.39, 0.29) is 29.8 Å². The highest BCUT2D eigenvalue weighted by Gasteiger charge is 2.22. The summed E-state index contributed by atoms with van der Waals surface area (Å²) in [6.45, 7) is 0. The van der Waals surface area contributed by atoms with E-state index in [1.807, 2.05) is 0 Å². The Kier molecular flexibility index (Phi) is 5.97. The number of thiophene rings is 2. The average Bonchev–Trinajstić information content (AvgIpc) is 3.23. The summed E-state index contributed by atoms with van der Waals surface area (Å²) in [4.78, 5) is 0. The Morgan fingerprint density at radius 1 is 0.778 bits per heavy atom. The second-order valence-electron chi connectivity index (χ2n) is 5.01. The summed E-state index contributed by atoms with van der Waals surface area (Å²) in [5.74, 6) is 0. The number of rotatable bonds is 6. The molecule has 144 valence electrons. The summed E-state index contributed by atoms with van der Waals surface area (Å²) in [6, 6.07) is 8.23. The van der Waals surface area contributed by atoms with Crippen molar-refractivity contribution in [1.82, 2.24) is 0 Å². The van der Waals surface area contributed by atoms with Gasteiger partial charge in [-0.05, 0) is 35.7 Å². The van der Waals surface area contributed by atoms with Gasteiger partial charge in [-0.25, -0.2) is 16.8 Å². The topological polar surface area (TPSA) is 92.3 Å². The van der Waals surface area contributed by atoms with E-state index in [1.165, 1.54) is 30.3 Å². The van der Waals surface area contributed by atoms with Crippen molar-refractivity contribution in [2.75, 3.05) is 9.44 Å². The molecule has 6 nitrogen and oxygen atoms in total. The lowest BCUT2D eigenvalue weighted by atomic mass is 10.3. The molecule has 0 radical (unpaired) electrons. The highest BCUT2D eigenvalue weighted by atomic mass is 35.5. The Morgan fingerprint density at radius 2 is 1.33 bits per heavy atom. The molecule has 0 saturated heterocycles. The van der Waals surface area contributed by atoms with E-state index in [0.717, 1.165) is 22.7 Å². The minimum absolute atomic E-state index is 0.0364. The molecule has 1 aromatic carbocycles. The van der Waals surface area contributed by atoms with Crippen molar-refractivity contribution in [3.63, 3.8) is 0 Å². The molecule has 0 aliphatic carbocycles. The van der Waals surface area contributed by atoms with Gasteiger partial charge in [0.1, 0.15) is 8.42 Å². The summed E-state index contributed by atoms with van der Waals surface area (Å²) in [6.07, 6.45) is 0. The molecule has 0 fully saturated rings. The minimum atomic E-state index is -4.00. The molecule has 27 heavy (non-hydrogen) atoms. The second-order valence-corrected chi connectivity index (χ2v) is 12.3. The van der Waals surface area contributed by atoms with Gasteiger partial charge in [-0.3, -0.25) is 9.44 Å². The average molecular weight is 504 g/mol. The molecule has 3 rings (SSSR count). The number of sulfonamides is 2. The lowest BCUT2D eigenvalue weighted by molar-refractivity contribution is 0.601. The van der Waals surface area contributed by atoms with Crippen LogP contribution in [0.4, 0.5) is 11.4 Å². The first-order valence-corrected chi connectivity index (χ1v) is 12.7. The lowest BCUT2D eigenvalue weighted by Gasteiger charge is -2.15. The van der Waals surface area contributed by atoms with Crippen molar-refractivity contribution >= 4 is 88.9 Å². The summed E-state index contributed by atoms with van der Waals surface area (Å²) >= 11 is 19.6. The fourth-order valence-electron chi connectivity index (χ4n) is 1.96. The van der Waals surface area contributed by atoms with Crippen LogP contribution in [0, 0.1) is 0 Å². The van der Waals surface area contributed by atoms with E-state index in [4.69, 9.17) is 34.8 Å². The highest BCUT2D eigenvalue weighted by molar-refractivity contribution is 7.95. The first kappa shape index (κ1) is 20.7. The van der Waals surface area contributed by atoms with E-state index >= 15 is 0 Å². The smallest absolute Gasteiger partial charge is 0.271 e. The van der Waals surface area contributed by atoms with Crippen molar-refractivity contribution in [3.8, 4) is 0 Å². The summed E-state index contributed by atoms with van der Waals surface area (Å²) in [5, 5.41) is 1.72. The van der Waals surface area contributed by atoms with Crippen molar-refractivity contribution in [2.24, 2.45) is 0 Å². The van der Waals surface area contributed by atoms with Crippen LogP contribution >= 0.6 is 57.5 Å². The van der Waals surface area contributed by atoms with Crippen LogP contribution < -0.4 is 9.44 Å². The molecule has 0 saturated carbocycles. The summed E-state index contributed by atoms with van der Waals surface area (Å²) < 4.78 is 55.0. The van der Waals surface area contributed by atoms with Crippen molar-refractivity contribution in [2.45, 2.75) is 8.42 Å². The largest absolute Gasteiger partial charge is 0.277 e. The van der Waals surface area contributed by atoms with Crippen LogP contribution in [-0.2, 0) is 20.0 Å². The maximum atomic E-state index is 12.5. The Balaban J connectivity index is 2.02. The quantitative estimate of drug-likeness (QED) is 0.473. The van der Waals surface area contributed by atoms with Gasteiger partial charge in [-0.2, -0.15) is 0 Å². The van der Waals surface area contributed by atoms with Crippen LogP contribution in [0.5, 0.6) is 0 Å². The Bertz CT molecular complexity index is 1190. The van der Waals surface area contributed by atoms with Gasteiger partial charge in [0.2, 0.25) is 0 Å². The third-order valence-corrected chi connectivity index (χ3v) is 9.70. The molecule has 2 N–H and O–H groups in total. The second kappa shape index (κ2) is 7.78. The van der Waals surface area contributed by atoms with E-state index < -0.39 is 20.0 Å². The van der Waals surface area contributed by atoms with Gasteiger partial charge in [-0.1, -0.05) is 40.9 Å². The SMILES string of the molecule is O=S(=O)(Nc1cc(Cl)c(Cl)cc1NS(=O)(=O)c1ccc(Cl)s1)c1cccs1. The normalized spacial score (nSPS) is 12.1. The van der Waals surface area contributed by atoms with Gasteiger partial charge >= 0.3 is 0 Å². The molecule has 0 atom stereocenters. The van der Waals surface area contributed by atoms with Crippen LogP contribution in [0.15, 0.2) is 50.2 Å². The Hall–Kier alpha value is -1.01. The Morgan fingerprint density at radius 3 is 1.78 bits per heavy atom. The zero-order valence-electron chi connectivity index (χ0n) is 12.9. The number of hydrogen-bond donors (Lipinski definition) is 2. The summed E-state index contributed by atoms with van der Waals surface area (Å²) in [5.41, 5.74) is -0.141. The zero-order valence-corrected chi connectivity index (χ0v) is 18.5. The van der Waals surface area contributed by atoms with Crippen LogP contribution in [0.2, 0.25) is 14.4 Å². The molecule has 0 aliphatic rings. The first-order chi connectivity index (χ1) is 12.6. The third kappa shape index (κ3) is 4.70. The van der Waals surface area contributed by atoms with E-state index in [2.05, 4.69) is 9.44 Å². The monoisotopic (exact) mass is 502 g/mol. The number of anilines is 2. The predicted octanol–water partition coefficient (Wildman–Crippen LogP) is 5.37. The van der Waals surface area contributed by atoms with Crippen LogP contribution in [0.25, 0.3) is 0 Å². The molecule has 0 amide bonds. The standard InChI is InChI=1S/C14H9Cl3N2O4S4/c15-8-6-10(18-26(20,21)13-2-1-5-24-13)11(7-9(8)16)19-27(22,23)14-4-3-12(17)25-14/h1-7,18-19H.